The molecule has 3 fully saturated rings. The van der Waals surface area contributed by atoms with Gasteiger partial charge in [-0.15, -0.1) is 0 Å². The normalized spacial score (nSPS) is 41.4. The van der Waals surface area contributed by atoms with Crippen LogP contribution in [0.2, 0.25) is 0 Å². The molecule has 3 rings (SSSR count). The maximum atomic E-state index is 10.9. The van der Waals surface area contributed by atoms with Crippen molar-refractivity contribution in [1.82, 2.24) is 0 Å². The minimum atomic E-state index is -0.777. The Morgan fingerprint density at radius 3 is 2.44 bits per heavy atom. The summed E-state index contributed by atoms with van der Waals surface area (Å²) < 4.78 is 0. The topological polar surface area (TPSA) is 37.3 Å². The lowest BCUT2D eigenvalue weighted by molar-refractivity contribution is -0.135. The zero-order valence-corrected chi connectivity index (χ0v) is 10.7. The van der Waals surface area contributed by atoms with E-state index >= 15 is 0 Å². The Morgan fingerprint density at radius 2 is 2.00 bits per heavy atom. The number of hydrogen-bond acceptors (Lipinski definition) is 1. The lowest BCUT2D eigenvalue weighted by Gasteiger charge is -2.64. The van der Waals surface area contributed by atoms with Crippen LogP contribution in [0.3, 0.4) is 0 Å². The molecule has 0 aromatic carbocycles. The third kappa shape index (κ3) is 1.50. The van der Waals surface area contributed by atoms with Crippen LogP contribution >= 0.6 is 0 Å². The largest absolute Gasteiger partial charge is 0.478 e. The molecule has 90 valence electrons. The van der Waals surface area contributed by atoms with E-state index in [1.165, 1.54) is 12.8 Å². The molecule has 0 radical (unpaired) electrons. The molecule has 0 spiro atoms. The van der Waals surface area contributed by atoms with Crippen molar-refractivity contribution in [2.75, 3.05) is 0 Å². The number of carboxylic acid groups (broad SMARTS) is 1. The summed E-state index contributed by atoms with van der Waals surface area (Å²) in [7, 11) is 0. The van der Waals surface area contributed by atoms with E-state index in [0.717, 1.165) is 12.3 Å². The molecule has 2 heteroatoms. The molecule has 3 aliphatic carbocycles. The number of carboxylic acids is 1. The Bertz CT molecular complexity index is 352. The van der Waals surface area contributed by atoms with Gasteiger partial charge in [-0.3, -0.25) is 0 Å². The van der Waals surface area contributed by atoms with Crippen molar-refractivity contribution < 1.29 is 9.90 Å². The molecule has 0 aromatic rings. The Balaban J connectivity index is 2.26. The van der Waals surface area contributed by atoms with Gasteiger partial charge in [-0.2, -0.15) is 0 Å². The fraction of sp³-hybridized carbons (Fsp3) is 0.786. The molecule has 16 heavy (non-hydrogen) atoms. The van der Waals surface area contributed by atoms with Crippen LogP contribution in [0.15, 0.2) is 11.6 Å². The van der Waals surface area contributed by atoms with Gasteiger partial charge in [0.05, 0.1) is 0 Å². The summed E-state index contributed by atoms with van der Waals surface area (Å²) in [5.41, 5.74) is 1.01. The molecule has 0 amide bonds. The molecule has 3 atom stereocenters. The Hall–Kier alpha value is -0.790. The fourth-order valence-electron chi connectivity index (χ4n) is 4.01. The second-order valence-corrected chi connectivity index (χ2v) is 6.48. The smallest absolute Gasteiger partial charge is 0.330 e. The van der Waals surface area contributed by atoms with Crippen LogP contribution in [0.5, 0.6) is 0 Å². The average molecular weight is 222 g/mol. The second-order valence-electron chi connectivity index (χ2n) is 6.48. The van der Waals surface area contributed by atoms with Crippen LogP contribution in [0, 0.1) is 22.7 Å². The first-order valence-corrected chi connectivity index (χ1v) is 6.20. The first-order chi connectivity index (χ1) is 7.27. The Morgan fingerprint density at radius 1 is 1.38 bits per heavy atom. The van der Waals surface area contributed by atoms with Crippen LogP contribution < -0.4 is 0 Å². The predicted molar refractivity (Wildman–Crippen MR) is 64.1 cm³/mol. The molecule has 3 saturated carbocycles. The van der Waals surface area contributed by atoms with Crippen molar-refractivity contribution in [3.05, 3.63) is 11.6 Å². The summed E-state index contributed by atoms with van der Waals surface area (Å²) in [6.45, 7) is 8.63. The molecule has 3 unspecified atom stereocenters. The third-order valence-electron chi connectivity index (χ3n) is 5.18. The van der Waals surface area contributed by atoms with Crippen LogP contribution in [-0.4, -0.2) is 11.1 Å². The van der Waals surface area contributed by atoms with E-state index < -0.39 is 5.97 Å². The van der Waals surface area contributed by atoms with Crippen molar-refractivity contribution in [3.63, 3.8) is 0 Å². The lowest BCUT2D eigenvalue weighted by atomic mass is 9.41. The number of aliphatic carboxylic acids is 1. The monoisotopic (exact) mass is 222 g/mol. The average Bonchev–Trinajstić information content (AvgIpc) is 2.16. The molecular weight excluding hydrogens is 200 g/mol. The molecule has 0 aromatic heterocycles. The van der Waals surface area contributed by atoms with Gasteiger partial charge < -0.3 is 5.11 Å². The fourth-order valence-corrected chi connectivity index (χ4v) is 4.01. The molecular formula is C14H22O2. The molecule has 0 heterocycles. The molecule has 0 aliphatic heterocycles. The zero-order chi connectivity index (χ0) is 12.1. The summed E-state index contributed by atoms with van der Waals surface area (Å²) in [5, 5.41) is 8.99. The summed E-state index contributed by atoms with van der Waals surface area (Å²) in [6, 6.07) is 0. The lowest BCUT2D eigenvalue weighted by Crippen LogP contribution is -2.56. The Labute approximate surface area is 97.7 Å². The maximum Gasteiger partial charge on any atom is 0.330 e. The van der Waals surface area contributed by atoms with Crippen LogP contribution in [-0.2, 0) is 4.79 Å². The highest BCUT2D eigenvalue weighted by molar-refractivity contribution is 5.85. The number of allylic oxidation sites excluding steroid dienone is 1. The molecule has 1 N–H and O–H groups in total. The highest BCUT2D eigenvalue weighted by Crippen LogP contribution is 2.66. The summed E-state index contributed by atoms with van der Waals surface area (Å²) in [4.78, 5) is 10.9. The van der Waals surface area contributed by atoms with Crippen molar-refractivity contribution in [2.45, 2.75) is 47.0 Å². The van der Waals surface area contributed by atoms with Crippen molar-refractivity contribution in [3.8, 4) is 0 Å². The SMILES string of the molecule is CC(=CC1(C)CCC2CC1C2(C)C)C(=O)O. The van der Waals surface area contributed by atoms with E-state index in [0.29, 0.717) is 16.9 Å². The second kappa shape index (κ2) is 3.35. The predicted octanol–water partition coefficient (Wildman–Crippen LogP) is 3.48. The van der Waals surface area contributed by atoms with Gasteiger partial charge >= 0.3 is 5.97 Å². The quantitative estimate of drug-likeness (QED) is 0.726. The van der Waals surface area contributed by atoms with Gasteiger partial charge in [0, 0.05) is 5.57 Å². The molecule has 2 bridgehead atoms. The molecule has 3 aliphatic rings. The van der Waals surface area contributed by atoms with E-state index in [-0.39, 0.29) is 5.41 Å². The van der Waals surface area contributed by atoms with E-state index in [4.69, 9.17) is 5.11 Å². The van der Waals surface area contributed by atoms with Gasteiger partial charge in [0.25, 0.3) is 0 Å². The van der Waals surface area contributed by atoms with Gasteiger partial charge in [-0.25, -0.2) is 4.79 Å². The van der Waals surface area contributed by atoms with E-state index in [1.54, 1.807) is 6.92 Å². The molecule has 0 saturated heterocycles. The Kier molecular flexibility index (Phi) is 2.45. The van der Waals surface area contributed by atoms with Gasteiger partial charge in [0.1, 0.15) is 0 Å². The van der Waals surface area contributed by atoms with Gasteiger partial charge in [-0.1, -0.05) is 26.8 Å². The van der Waals surface area contributed by atoms with E-state index in [2.05, 4.69) is 20.8 Å². The van der Waals surface area contributed by atoms with Gasteiger partial charge in [-0.05, 0) is 48.9 Å². The van der Waals surface area contributed by atoms with E-state index in [1.807, 2.05) is 6.08 Å². The van der Waals surface area contributed by atoms with Crippen molar-refractivity contribution >= 4 is 5.97 Å². The number of fused-ring (bicyclic) bond motifs is 2. The van der Waals surface area contributed by atoms with Crippen LogP contribution in [0.1, 0.15) is 47.0 Å². The minimum absolute atomic E-state index is 0.0979. The highest BCUT2D eigenvalue weighted by Gasteiger charge is 2.58. The van der Waals surface area contributed by atoms with Crippen molar-refractivity contribution in [2.24, 2.45) is 22.7 Å². The standard InChI is InChI=1S/C14H22O2/c1-9(12(15)16)8-14(4)6-5-10-7-11(14)13(10,2)3/h8,10-11H,5-7H2,1-4H3,(H,15,16). The van der Waals surface area contributed by atoms with E-state index in [9.17, 15) is 4.79 Å². The number of carbonyl (C=O) groups is 1. The maximum absolute atomic E-state index is 10.9. The highest BCUT2D eigenvalue weighted by atomic mass is 16.4. The third-order valence-corrected chi connectivity index (χ3v) is 5.18. The van der Waals surface area contributed by atoms with Crippen molar-refractivity contribution in [1.29, 1.82) is 0 Å². The van der Waals surface area contributed by atoms with Gasteiger partial charge in [0.15, 0.2) is 0 Å². The van der Waals surface area contributed by atoms with Crippen LogP contribution in [0.25, 0.3) is 0 Å². The zero-order valence-electron chi connectivity index (χ0n) is 10.7. The number of hydrogen-bond donors (Lipinski definition) is 1. The van der Waals surface area contributed by atoms with Crippen LogP contribution in [0.4, 0.5) is 0 Å². The minimum Gasteiger partial charge on any atom is -0.478 e. The van der Waals surface area contributed by atoms with Gasteiger partial charge in [0.2, 0.25) is 0 Å². The summed E-state index contributed by atoms with van der Waals surface area (Å²) in [5.74, 6) is 0.748. The molecule has 2 nitrogen and oxygen atoms in total. The first-order valence-electron chi connectivity index (χ1n) is 6.20. The first kappa shape index (κ1) is 11.7. The summed E-state index contributed by atoms with van der Waals surface area (Å²) >= 11 is 0. The summed E-state index contributed by atoms with van der Waals surface area (Å²) in [6.07, 6.45) is 5.70. The number of rotatable bonds is 2.